The average molecular weight is 388 g/mol. The van der Waals surface area contributed by atoms with Gasteiger partial charge in [-0.3, -0.25) is 9.78 Å². The molecule has 7 heteroatoms. The topological polar surface area (TPSA) is 91.8 Å². The van der Waals surface area contributed by atoms with Crippen molar-refractivity contribution in [2.24, 2.45) is 0 Å². The number of amides is 1. The predicted molar refractivity (Wildman–Crippen MR) is 114 cm³/mol. The van der Waals surface area contributed by atoms with Crippen LogP contribution in [0.25, 0.3) is 0 Å². The van der Waals surface area contributed by atoms with Gasteiger partial charge in [0.1, 0.15) is 12.1 Å². The summed E-state index contributed by atoms with van der Waals surface area (Å²) in [6, 6.07) is 11.4. The highest BCUT2D eigenvalue weighted by Gasteiger charge is 2.27. The van der Waals surface area contributed by atoms with E-state index in [0.717, 1.165) is 24.3 Å². The quantitative estimate of drug-likeness (QED) is 0.615. The van der Waals surface area contributed by atoms with Crippen LogP contribution in [0.3, 0.4) is 0 Å². The van der Waals surface area contributed by atoms with Crippen molar-refractivity contribution in [2.45, 2.75) is 32.2 Å². The fraction of sp³-hybridized carbons (Fsp3) is 0.273. The largest absolute Gasteiger partial charge is 0.385 e. The molecule has 3 N–H and O–H groups in total. The fourth-order valence-electron chi connectivity index (χ4n) is 3.56. The van der Waals surface area contributed by atoms with Gasteiger partial charge >= 0.3 is 0 Å². The van der Waals surface area contributed by atoms with Crippen LogP contribution in [0.4, 0.5) is 17.2 Å². The molecule has 3 aromatic rings. The molecule has 0 spiro atoms. The molecule has 29 heavy (non-hydrogen) atoms. The van der Waals surface area contributed by atoms with Gasteiger partial charge in [-0.2, -0.15) is 0 Å². The number of rotatable bonds is 5. The number of hydrogen-bond donors (Lipinski definition) is 3. The number of fused-ring (bicyclic) bond motifs is 1. The number of carbonyl (C=O) groups is 1. The van der Waals surface area contributed by atoms with E-state index in [1.54, 1.807) is 30.6 Å². The van der Waals surface area contributed by atoms with E-state index < -0.39 is 0 Å². The number of hydrogen-bond acceptors (Lipinski definition) is 6. The van der Waals surface area contributed by atoms with Crippen molar-refractivity contribution in [1.29, 1.82) is 0 Å². The van der Waals surface area contributed by atoms with Crippen molar-refractivity contribution in [2.75, 3.05) is 22.5 Å². The minimum Gasteiger partial charge on any atom is -0.385 e. The van der Waals surface area contributed by atoms with Crippen molar-refractivity contribution in [3.63, 3.8) is 0 Å². The van der Waals surface area contributed by atoms with Gasteiger partial charge in [0.2, 0.25) is 0 Å². The van der Waals surface area contributed by atoms with Crippen molar-refractivity contribution in [1.82, 2.24) is 15.0 Å². The summed E-state index contributed by atoms with van der Waals surface area (Å²) in [7, 11) is 0. The van der Waals surface area contributed by atoms with Crippen molar-refractivity contribution < 1.29 is 4.79 Å². The molecule has 0 saturated carbocycles. The fourth-order valence-corrected chi connectivity index (χ4v) is 3.56. The SMILES string of the molecule is CC1(C)CCNc2cc(NC(=O)c3cccnc3CNc3ccncn3)ccc21. The molecule has 7 nitrogen and oxygen atoms in total. The molecule has 1 aliphatic rings. The van der Waals surface area contributed by atoms with Gasteiger partial charge in [-0.25, -0.2) is 9.97 Å². The Labute approximate surface area is 170 Å². The number of benzene rings is 1. The third-order valence-corrected chi connectivity index (χ3v) is 5.23. The summed E-state index contributed by atoms with van der Waals surface area (Å²) < 4.78 is 0. The van der Waals surface area contributed by atoms with Crippen LogP contribution in [-0.4, -0.2) is 27.4 Å². The Hall–Kier alpha value is -3.48. The first-order chi connectivity index (χ1) is 14.0. The third kappa shape index (κ3) is 4.18. The molecule has 0 fully saturated rings. The monoisotopic (exact) mass is 388 g/mol. The first-order valence-corrected chi connectivity index (χ1v) is 9.66. The Morgan fingerprint density at radius 3 is 2.90 bits per heavy atom. The van der Waals surface area contributed by atoms with Crippen molar-refractivity contribution >= 4 is 23.1 Å². The van der Waals surface area contributed by atoms with Gasteiger partial charge in [-0.15, -0.1) is 0 Å². The number of anilines is 3. The second-order valence-corrected chi connectivity index (χ2v) is 7.72. The highest BCUT2D eigenvalue weighted by atomic mass is 16.1. The molecule has 1 amide bonds. The van der Waals surface area contributed by atoms with Crippen LogP contribution in [0.15, 0.2) is 55.1 Å². The first kappa shape index (κ1) is 18.9. The van der Waals surface area contributed by atoms with Gasteiger partial charge in [0.25, 0.3) is 5.91 Å². The molecule has 0 radical (unpaired) electrons. The van der Waals surface area contributed by atoms with Gasteiger partial charge in [0.05, 0.1) is 17.8 Å². The minimum atomic E-state index is -0.187. The standard InChI is InChI=1S/C22H24N6O/c1-22(2)8-11-25-18-12-15(5-6-17(18)22)28-21(29)16-4-3-9-24-19(16)13-26-20-7-10-23-14-27-20/h3-7,9-10,12,14,25H,8,11,13H2,1-2H3,(H,28,29)(H,23,26,27). The third-order valence-electron chi connectivity index (χ3n) is 5.23. The minimum absolute atomic E-state index is 0.131. The van der Waals surface area contributed by atoms with E-state index in [0.29, 0.717) is 23.6 Å². The molecule has 1 aromatic carbocycles. The molecule has 4 rings (SSSR count). The molecule has 148 valence electrons. The Balaban J connectivity index is 1.51. The van der Waals surface area contributed by atoms with Crippen LogP contribution in [0, 0.1) is 0 Å². The zero-order chi connectivity index (χ0) is 20.3. The molecule has 0 atom stereocenters. The van der Waals surface area contributed by atoms with Crippen LogP contribution >= 0.6 is 0 Å². The summed E-state index contributed by atoms with van der Waals surface area (Å²) in [5, 5.41) is 9.60. The van der Waals surface area contributed by atoms with Crippen molar-refractivity contribution in [3.8, 4) is 0 Å². The molecule has 0 bridgehead atoms. The van der Waals surface area contributed by atoms with Crippen LogP contribution in [-0.2, 0) is 12.0 Å². The summed E-state index contributed by atoms with van der Waals surface area (Å²) >= 11 is 0. The lowest BCUT2D eigenvalue weighted by Crippen LogP contribution is -2.28. The molecular formula is C22H24N6O. The molecule has 2 aromatic heterocycles. The first-order valence-electron chi connectivity index (χ1n) is 9.66. The summed E-state index contributed by atoms with van der Waals surface area (Å²) in [5.74, 6) is 0.494. The molecule has 0 aliphatic carbocycles. The second-order valence-electron chi connectivity index (χ2n) is 7.72. The van der Waals surface area contributed by atoms with Crippen LogP contribution in [0.5, 0.6) is 0 Å². The predicted octanol–water partition coefficient (Wildman–Crippen LogP) is 3.83. The van der Waals surface area contributed by atoms with Crippen LogP contribution in [0.1, 0.15) is 41.9 Å². The van der Waals surface area contributed by atoms with Gasteiger partial charge < -0.3 is 16.0 Å². The van der Waals surface area contributed by atoms with Crippen molar-refractivity contribution in [3.05, 3.63) is 71.9 Å². The Bertz CT molecular complexity index is 1020. The number of pyridine rings is 1. The summed E-state index contributed by atoms with van der Waals surface area (Å²) in [6.07, 6.45) is 5.90. The highest BCUT2D eigenvalue weighted by Crippen LogP contribution is 2.37. The van der Waals surface area contributed by atoms with E-state index in [4.69, 9.17) is 0 Å². The smallest absolute Gasteiger partial charge is 0.257 e. The number of nitrogens with zero attached hydrogens (tertiary/aromatic N) is 3. The molecule has 0 unspecified atom stereocenters. The number of nitrogens with one attached hydrogen (secondary N) is 3. The van der Waals surface area contributed by atoms with Crippen LogP contribution < -0.4 is 16.0 Å². The van der Waals surface area contributed by atoms with E-state index in [9.17, 15) is 4.79 Å². The van der Waals surface area contributed by atoms with E-state index >= 15 is 0 Å². The van der Waals surface area contributed by atoms with Gasteiger partial charge in [-0.1, -0.05) is 19.9 Å². The summed E-state index contributed by atoms with van der Waals surface area (Å²) in [6.45, 7) is 5.81. The maximum atomic E-state index is 12.9. The van der Waals surface area contributed by atoms with Gasteiger partial charge in [0.15, 0.2) is 0 Å². The zero-order valence-corrected chi connectivity index (χ0v) is 16.6. The lowest BCUT2D eigenvalue weighted by atomic mass is 9.78. The van der Waals surface area contributed by atoms with E-state index in [2.05, 4.69) is 50.8 Å². The van der Waals surface area contributed by atoms with Crippen LogP contribution in [0.2, 0.25) is 0 Å². The Kier molecular flexibility index (Phi) is 5.12. The Morgan fingerprint density at radius 2 is 2.07 bits per heavy atom. The molecule has 1 aliphatic heterocycles. The van der Waals surface area contributed by atoms with E-state index in [-0.39, 0.29) is 11.3 Å². The molecule has 0 saturated heterocycles. The lowest BCUT2D eigenvalue weighted by Gasteiger charge is -2.33. The van der Waals surface area contributed by atoms with E-state index in [1.807, 2.05) is 12.1 Å². The maximum absolute atomic E-state index is 12.9. The molecular weight excluding hydrogens is 364 g/mol. The lowest BCUT2D eigenvalue weighted by molar-refractivity contribution is 0.102. The number of aromatic nitrogens is 3. The number of carbonyl (C=O) groups excluding carboxylic acids is 1. The van der Waals surface area contributed by atoms with E-state index in [1.165, 1.54) is 11.9 Å². The van der Waals surface area contributed by atoms with Gasteiger partial charge in [0, 0.05) is 30.3 Å². The summed E-state index contributed by atoms with van der Waals surface area (Å²) in [4.78, 5) is 25.3. The second kappa shape index (κ2) is 7.87. The average Bonchev–Trinajstić information content (AvgIpc) is 2.73. The highest BCUT2D eigenvalue weighted by molar-refractivity contribution is 6.05. The van der Waals surface area contributed by atoms with Gasteiger partial charge in [-0.05, 0) is 47.7 Å². The molecule has 3 heterocycles. The summed E-state index contributed by atoms with van der Waals surface area (Å²) in [5.41, 5.74) is 4.43. The maximum Gasteiger partial charge on any atom is 0.257 e. The Morgan fingerprint density at radius 1 is 1.17 bits per heavy atom. The normalized spacial score (nSPS) is 14.4. The zero-order valence-electron chi connectivity index (χ0n) is 16.6.